The average molecular weight is 364 g/mol. The molecule has 4 rings (SSSR count). The lowest BCUT2D eigenvalue weighted by Gasteiger charge is -2.36. The minimum Gasteiger partial charge on any atom is -0.495 e. The van der Waals surface area contributed by atoms with E-state index in [2.05, 4.69) is 16.0 Å². The van der Waals surface area contributed by atoms with Gasteiger partial charge in [-0.25, -0.2) is 4.98 Å². The molecule has 1 fully saturated rings. The SMILES string of the molecule is COc1ccccc1N1CCN(C(=O)CCc2ncc3ccccn23)CC1. The quantitative estimate of drug-likeness (QED) is 0.698. The molecule has 0 bridgehead atoms. The van der Waals surface area contributed by atoms with E-state index in [9.17, 15) is 4.79 Å². The summed E-state index contributed by atoms with van der Waals surface area (Å²) in [6.45, 7) is 3.11. The molecular formula is C21H24N4O2. The second kappa shape index (κ2) is 7.70. The fourth-order valence-corrected chi connectivity index (χ4v) is 3.65. The molecule has 3 aromatic rings. The first-order valence-electron chi connectivity index (χ1n) is 9.33. The first kappa shape index (κ1) is 17.4. The van der Waals surface area contributed by atoms with E-state index in [1.807, 2.05) is 58.1 Å². The van der Waals surface area contributed by atoms with Crippen LogP contribution in [0.3, 0.4) is 0 Å². The fraction of sp³-hybridized carbons (Fsp3) is 0.333. The monoisotopic (exact) mass is 364 g/mol. The molecule has 1 saturated heterocycles. The number of rotatable bonds is 5. The molecule has 0 N–H and O–H groups in total. The summed E-state index contributed by atoms with van der Waals surface area (Å²) in [5.74, 6) is 2.01. The number of fused-ring (bicyclic) bond motifs is 1. The van der Waals surface area contributed by atoms with Crippen molar-refractivity contribution in [1.29, 1.82) is 0 Å². The van der Waals surface area contributed by atoms with Crippen molar-refractivity contribution in [2.24, 2.45) is 0 Å². The highest BCUT2D eigenvalue weighted by molar-refractivity contribution is 5.77. The molecule has 27 heavy (non-hydrogen) atoms. The van der Waals surface area contributed by atoms with Crippen molar-refractivity contribution >= 4 is 17.1 Å². The van der Waals surface area contributed by atoms with Gasteiger partial charge in [0, 0.05) is 45.2 Å². The highest BCUT2D eigenvalue weighted by Gasteiger charge is 2.22. The Morgan fingerprint density at radius 3 is 2.67 bits per heavy atom. The number of benzene rings is 1. The molecule has 1 aliphatic rings. The molecule has 0 radical (unpaired) electrons. The van der Waals surface area contributed by atoms with Crippen molar-refractivity contribution in [2.75, 3.05) is 38.2 Å². The van der Waals surface area contributed by atoms with Crippen molar-refractivity contribution in [3.63, 3.8) is 0 Å². The highest BCUT2D eigenvalue weighted by atomic mass is 16.5. The summed E-state index contributed by atoms with van der Waals surface area (Å²) in [6, 6.07) is 14.0. The van der Waals surface area contributed by atoms with Crippen molar-refractivity contribution in [1.82, 2.24) is 14.3 Å². The zero-order valence-corrected chi connectivity index (χ0v) is 15.5. The molecule has 2 aromatic heterocycles. The first-order chi connectivity index (χ1) is 13.3. The lowest BCUT2D eigenvalue weighted by molar-refractivity contribution is -0.131. The fourth-order valence-electron chi connectivity index (χ4n) is 3.65. The number of carbonyl (C=O) groups excluding carboxylic acids is 1. The largest absolute Gasteiger partial charge is 0.495 e. The van der Waals surface area contributed by atoms with Crippen molar-refractivity contribution in [2.45, 2.75) is 12.8 Å². The number of piperazine rings is 1. The average Bonchev–Trinajstić information content (AvgIpc) is 3.15. The smallest absolute Gasteiger partial charge is 0.223 e. The Morgan fingerprint density at radius 2 is 1.85 bits per heavy atom. The molecule has 6 heteroatoms. The van der Waals surface area contributed by atoms with Crippen LogP contribution in [0.2, 0.25) is 0 Å². The maximum Gasteiger partial charge on any atom is 0.223 e. The molecule has 0 aliphatic carbocycles. The summed E-state index contributed by atoms with van der Waals surface area (Å²) >= 11 is 0. The van der Waals surface area contributed by atoms with Crippen LogP contribution in [0.25, 0.3) is 5.52 Å². The van der Waals surface area contributed by atoms with Crippen LogP contribution in [0.5, 0.6) is 5.75 Å². The summed E-state index contributed by atoms with van der Waals surface area (Å²) in [7, 11) is 1.69. The molecule has 1 aliphatic heterocycles. The first-order valence-corrected chi connectivity index (χ1v) is 9.33. The third-order valence-corrected chi connectivity index (χ3v) is 5.14. The number of anilines is 1. The van der Waals surface area contributed by atoms with E-state index in [0.717, 1.165) is 49.0 Å². The highest BCUT2D eigenvalue weighted by Crippen LogP contribution is 2.28. The normalized spacial score (nSPS) is 14.6. The van der Waals surface area contributed by atoms with Gasteiger partial charge in [0.05, 0.1) is 24.5 Å². The van der Waals surface area contributed by atoms with Crippen LogP contribution < -0.4 is 9.64 Å². The van der Waals surface area contributed by atoms with E-state index in [1.54, 1.807) is 7.11 Å². The number of carbonyl (C=O) groups is 1. The van der Waals surface area contributed by atoms with Gasteiger partial charge in [0.25, 0.3) is 0 Å². The van der Waals surface area contributed by atoms with E-state index in [-0.39, 0.29) is 5.91 Å². The van der Waals surface area contributed by atoms with Crippen LogP contribution >= 0.6 is 0 Å². The second-order valence-electron chi connectivity index (χ2n) is 6.71. The van der Waals surface area contributed by atoms with Gasteiger partial charge in [-0.2, -0.15) is 0 Å². The standard InChI is InChI=1S/C21H24N4O2/c1-27-19-8-3-2-7-18(19)23-12-14-24(15-13-23)21(26)10-9-20-22-16-17-6-4-5-11-25(17)20/h2-8,11,16H,9-10,12-15H2,1H3. The second-order valence-corrected chi connectivity index (χ2v) is 6.71. The number of methoxy groups -OCH3 is 1. The zero-order chi connectivity index (χ0) is 18.6. The predicted molar refractivity (Wildman–Crippen MR) is 105 cm³/mol. The van der Waals surface area contributed by atoms with Gasteiger partial charge in [0.2, 0.25) is 5.91 Å². The maximum absolute atomic E-state index is 12.6. The zero-order valence-electron chi connectivity index (χ0n) is 15.5. The molecule has 0 spiro atoms. The Hall–Kier alpha value is -3.02. The van der Waals surface area contributed by atoms with Crippen molar-refractivity contribution < 1.29 is 9.53 Å². The number of hydrogen-bond donors (Lipinski definition) is 0. The molecule has 0 unspecified atom stereocenters. The van der Waals surface area contributed by atoms with Crippen molar-refractivity contribution in [3.05, 3.63) is 60.7 Å². The summed E-state index contributed by atoms with van der Waals surface area (Å²) < 4.78 is 7.50. The summed E-state index contributed by atoms with van der Waals surface area (Å²) in [4.78, 5) is 21.3. The number of amides is 1. The summed E-state index contributed by atoms with van der Waals surface area (Å²) in [5.41, 5.74) is 2.15. The molecule has 6 nitrogen and oxygen atoms in total. The lowest BCUT2D eigenvalue weighted by Crippen LogP contribution is -2.49. The number of pyridine rings is 1. The van der Waals surface area contributed by atoms with Crippen LogP contribution in [-0.2, 0) is 11.2 Å². The number of para-hydroxylation sites is 2. The van der Waals surface area contributed by atoms with Crippen LogP contribution in [-0.4, -0.2) is 53.5 Å². The number of imidazole rings is 1. The Labute approximate surface area is 159 Å². The molecule has 3 heterocycles. The predicted octanol–water partition coefficient (Wildman–Crippen LogP) is 2.62. The molecule has 1 aromatic carbocycles. The molecule has 0 atom stereocenters. The summed E-state index contributed by atoms with van der Waals surface area (Å²) in [6.07, 6.45) is 4.99. The van der Waals surface area contributed by atoms with E-state index in [1.165, 1.54) is 0 Å². The van der Waals surface area contributed by atoms with Gasteiger partial charge in [-0.1, -0.05) is 18.2 Å². The van der Waals surface area contributed by atoms with Crippen LogP contribution in [0.4, 0.5) is 5.69 Å². The third-order valence-electron chi connectivity index (χ3n) is 5.14. The number of hydrogen-bond acceptors (Lipinski definition) is 4. The van der Waals surface area contributed by atoms with Gasteiger partial charge in [-0.3, -0.25) is 4.79 Å². The topological polar surface area (TPSA) is 50.1 Å². The lowest BCUT2D eigenvalue weighted by atomic mass is 10.2. The van der Waals surface area contributed by atoms with Crippen LogP contribution in [0, 0.1) is 0 Å². The Morgan fingerprint density at radius 1 is 1.07 bits per heavy atom. The molecule has 1 amide bonds. The van der Waals surface area contributed by atoms with E-state index in [0.29, 0.717) is 12.8 Å². The minimum absolute atomic E-state index is 0.197. The summed E-state index contributed by atoms with van der Waals surface area (Å²) in [5, 5.41) is 0. The van der Waals surface area contributed by atoms with Gasteiger partial charge in [-0.05, 0) is 24.3 Å². The van der Waals surface area contributed by atoms with E-state index < -0.39 is 0 Å². The minimum atomic E-state index is 0.197. The van der Waals surface area contributed by atoms with E-state index in [4.69, 9.17) is 4.74 Å². The van der Waals surface area contributed by atoms with Crippen LogP contribution in [0.1, 0.15) is 12.2 Å². The molecular weight excluding hydrogens is 340 g/mol. The molecule has 0 saturated carbocycles. The number of nitrogens with zero attached hydrogens (tertiary/aromatic N) is 4. The van der Waals surface area contributed by atoms with E-state index >= 15 is 0 Å². The number of aryl methyl sites for hydroxylation is 1. The maximum atomic E-state index is 12.6. The number of ether oxygens (including phenoxy) is 1. The number of aromatic nitrogens is 2. The van der Waals surface area contributed by atoms with Gasteiger partial charge in [0.15, 0.2) is 0 Å². The third kappa shape index (κ3) is 3.60. The van der Waals surface area contributed by atoms with Gasteiger partial charge < -0.3 is 18.9 Å². The molecule has 140 valence electrons. The van der Waals surface area contributed by atoms with Crippen molar-refractivity contribution in [3.8, 4) is 5.75 Å². The van der Waals surface area contributed by atoms with Crippen LogP contribution in [0.15, 0.2) is 54.9 Å². The van der Waals surface area contributed by atoms with Gasteiger partial charge in [-0.15, -0.1) is 0 Å². The Balaban J connectivity index is 1.33. The Kier molecular flexibility index (Phi) is 4.96. The van der Waals surface area contributed by atoms with Gasteiger partial charge in [0.1, 0.15) is 11.6 Å². The Bertz CT molecular complexity index is 929. The van der Waals surface area contributed by atoms with Gasteiger partial charge >= 0.3 is 0 Å².